The number of pyridine rings is 1. The third kappa shape index (κ3) is 5.12. The fraction of sp³-hybridized carbons (Fsp3) is 0.172. The first-order valence-corrected chi connectivity index (χ1v) is 13.4. The van der Waals surface area contributed by atoms with Gasteiger partial charge in [-0.1, -0.05) is 60.7 Å². The van der Waals surface area contributed by atoms with Crippen molar-refractivity contribution in [3.05, 3.63) is 113 Å². The predicted molar refractivity (Wildman–Crippen MR) is 143 cm³/mol. The van der Waals surface area contributed by atoms with Gasteiger partial charge in [0, 0.05) is 30.5 Å². The first-order valence-electron chi connectivity index (χ1n) is 12.0. The Morgan fingerprint density at radius 3 is 2.24 bits per heavy atom. The first-order chi connectivity index (χ1) is 17.8. The van der Waals surface area contributed by atoms with E-state index in [2.05, 4.69) is 39.3 Å². The maximum atomic E-state index is 13.0. The summed E-state index contributed by atoms with van der Waals surface area (Å²) >= 11 is 0. The largest absolute Gasteiger partial charge is 0.448 e. The van der Waals surface area contributed by atoms with Crippen LogP contribution in [0.15, 0.2) is 90.1 Å². The summed E-state index contributed by atoms with van der Waals surface area (Å²) in [6, 6.07) is 23.0. The van der Waals surface area contributed by atoms with E-state index in [1.165, 1.54) is 6.07 Å². The molecule has 0 saturated heterocycles. The number of carbonyl (C=O) groups is 1. The highest BCUT2D eigenvalue weighted by molar-refractivity contribution is 7.89. The Bertz CT molecular complexity index is 1520. The van der Waals surface area contributed by atoms with Gasteiger partial charge in [0.2, 0.25) is 10.0 Å². The van der Waals surface area contributed by atoms with Crippen LogP contribution in [0, 0.1) is 13.8 Å². The van der Waals surface area contributed by atoms with Gasteiger partial charge in [0.05, 0.1) is 4.90 Å². The Labute approximate surface area is 216 Å². The van der Waals surface area contributed by atoms with Crippen LogP contribution >= 0.6 is 0 Å². The Kier molecular flexibility index (Phi) is 6.78. The number of carbonyl (C=O) groups excluding carboxylic acids is 1. The molecule has 0 atom stereocenters. The zero-order valence-corrected chi connectivity index (χ0v) is 21.4. The fourth-order valence-electron chi connectivity index (χ4n) is 4.76. The van der Waals surface area contributed by atoms with Crippen LogP contribution in [0.5, 0.6) is 0 Å². The topological polar surface area (TPSA) is 97.4 Å². The quantitative estimate of drug-likeness (QED) is 0.338. The van der Waals surface area contributed by atoms with E-state index in [1.54, 1.807) is 37.5 Å². The van der Waals surface area contributed by atoms with Crippen molar-refractivity contribution >= 4 is 21.8 Å². The van der Waals surface area contributed by atoms with E-state index in [-0.39, 0.29) is 24.0 Å². The summed E-state index contributed by atoms with van der Waals surface area (Å²) in [5.74, 6) is -0.0649. The smallest absolute Gasteiger partial charge is 0.411 e. The lowest BCUT2D eigenvalue weighted by Crippen LogP contribution is -2.24. The number of aromatic nitrogens is 1. The maximum absolute atomic E-state index is 13.0. The van der Waals surface area contributed by atoms with E-state index < -0.39 is 16.1 Å². The normalized spacial score (nSPS) is 12.6. The van der Waals surface area contributed by atoms with Crippen molar-refractivity contribution in [2.24, 2.45) is 0 Å². The van der Waals surface area contributed by atoms with E-state index in [0.29, 0.717) is 11.3 Å². The van der Waals surface area contributed by atoms with Gasteiger partial charge < -0.3 is 4.74 Å². The van der Waals surface area contributed by atoms with Crippen molar-refractivity contribution in [3.8, 4) is 11.1 Å². The molecule has 3 aromatic carbocycles. The number of hydrogen-bond donors (Lipinski definition) is 2. The van der Waals surface area contributed by atoms with Crippen molar-refractivity contribution in [1.29, 1.82) is 0 Å². The number of ether oxygens (including phenoxy) is 1. The molecule has 188 valence electrons. The Morgan fingerprint density at radius 2 is 1.59 bits per heavy atom. The molecular weight excluding hydrogens is 486 g/mol. The second-order valence-corrected chi connectivity index (χ2v) is 10.8. The molecule has 8 heteroatoms. The number of nitrogens with zero attached hydrogens (tertiary/aromatic N) is 1. The minimum atomic E-state index is -3.83. The zero-order chi connectivity index (χ0) is 26.0. The molecule has 0 bridgehead atoms. The number of hydrogen-bond acceptors (Lipinski definition) is 5. The van der Waals surface area contributed by atoms with E-state index in [0.717, 1.165) is 33.4 Å². The summed E-state index contributed by atoms with van der Waals surface area (Å²) in [6.07, 6.45) is 2.60. The summed E-state index contributed by atoms with van der Waals surface area (Å²) in [6.45, 7) is 3.81. The van der Waals surface area contributed by atoms with Gasteiger partial charge in [-0.3, -0.25) is 10.3 Å². The molecule has 1 aromatic heterocycles. The Morgan fingerprint density at radius 1 is 0.919 bits per heavy atom. The first kappa shape index (κ1) is 24.7. The van der Waals surface area contributed by atoms with Crippen LogP contribution in [0.25, 0.3) is 11.1 Å². The molecule has 0 saturated carbocycles. The summed E-state index contributed by atoms with van der Waals surface area (Å²) in [5, 5.41) is 2.73. The minimum Gasteiger partial charge on any atom is -0.448 e. The summed E-state index contributed by atoms with van der Waals surface area (Å²) in [7, 11) is -3.83. The standard InChI is InChI=1S/C29H27N3O4S/c1-19-14-20(2)28(37(34,35)31-17-21-8-7-13-30-16-21)15-27(19)32-29(33)36-18-26-24-11-5-3-9-22(24)23-10-4-6-12-25(23)26/h3-16,26,31H,17-18H2,1-2H3,(H,32,33). The molecule has 1 aliphatic rings. The highest BCUT2D eigenvalue weighted by Gasteiger charge is 2.29. The maximum Gasteiger partial charge on any atom is 0.411 e. The van der Waals surface area contributed by atoms with Crippen molar-refractivity contribution < 1.29 is 17.9 Å². The molecule has 37 heavy (non-hydrogen) atoms. The lowest BCUT2D eigenvalue weighted by Gasteiger charge is -2.17. The molecule has 2 N–H and O–H groups in total. The molecule has 0 spiro atoms. The van der Waals surface area contributed by atoms with Gasteiger partial charge in [0.1, 0.15) is 6.61 Å². The number of sulfonamides is 1. The molecule has 4 aromatic rings. The number of anilines is 1. The second-order valence-electron chi connectivity index (χ2n) is 9.07. The number of amides is 1. The number of nitrogens with one attached hydrogen (secondary N) is 2. The monoisotopic (exact) mass is 513 g/mol. The average molecular weight is 514 g/mol. The zero-order valence-electron chi connectivity index (χ0n) is 20.6. The number of benzene rings is 3. The molecule has 1 aliphatic carbocycles. The van der Waals surface area contributed by atoms with E-state index in [1.807, 2.05) is 31.2 Å². The third-order valence-electron chi connectivity index (χ3n) is 6.58. The van der Waals surface area contributed by atoms with Gasteiger partial charge in [0.15, 0.2) is 0 Å². The van der Waals surface area contributed by atoms with Gasteiger partial charge in [-0.2, -0.15) is 0 Å². The van der Waals surface area contributed by atoms with Crippen molar-refractivity contribution in [2.75, 3.05) is 11.9 Å². The highest BCUT2D eigenvalue weighted by Crippen LogP contribution is 2.44. The SMILES string of the molecule is Cc1cc(C)c(S(=O)(=O)NCc2cccnc2)cc1NC(=O)OCC1c2ccccc2-c2ccccc21. The van der Waals surface area contributed by atoms with Gasteiger partial charge in [-0.05, 0) is 64.9 Å². The molecule has 1 amide bonds. The molecular formula is C29H27N3O4S. The number of aryl methyl sites for hydroxylation is 2. The molecule has 5 rings (SSSR count). The Balaban J connectivity index is 1.30. The lowest BCUT2D eigenvalue weighted by molar-refractivity contribution is 0.158. The second kappa shape index (κ2) is 10.2. The lowest BCUT2D eigenvalue weighted by atomic mass is 9.98. The van der Waals surface area contributed by atoms with Crippen molar-refractivity contribution in [2.45, 2.75) is 31.2 Å². The third-order valence-corrected chi connectivity index (χ3v) is 8.12. The highest BCUT2D eigenvalue weighted by atomic mass is 32.2. The van der Waals surface area contributed by atoms with Crippen LogP contribution in [0.3, 0.4) is 0 Å². The van der Waals surface area contributed by atoms with Crippen LogP contribution in [0.2, 0.25) is 0 Å². The van der Waals surface area contributed by atoms with E-state index in [4.69, 9.17) is 4.74 Å². The molecule has 0 fully saturated rings. The molecule has 7 nitrogen and oxygen atoms in total. The fourth-order valence-corrected chi connectivity index (χ4v) is 6.03. The van der Waals surface area contributed by atoms with Crippen LogP contribution in [-0.4, -0.2) is 26.1 Å². The Hall–Kier alpha value is -4.01. The van der Waals surface area contributed by atoms with Crippen LogP contribution in [-0.2, 0) is 21.3 Å². The predicted octanol–water partition coefficient (Wildman–Crippen LogP) is 5.54. The average Bonchev–Trinajstić information content (AvgIpc) is 3.22. The number of fused-ring (bicyclic) bond motifs is 3. The van der Waals surface area contributed by atoms with Gasteiger partial charge in [0.25, 0.3) is 0 Å². The molecule has 0 radical (unpaired) electrons. The van der Waals surface area contributed by atoms with E-state index in [9.17, 15) is 13.2 Å². The van der Waals surface area contributed by atoms with Crippen molar-refractivity contribution in [1.82, 2.24) is 9.71 Å². The summed E-state index contributed by atoms with van der Waals surface area (Å²) in [5.41, 5.74) is 6.97. The molecule has 0 aliphatic heterocycles. The summed E-state index contributed by atoms with van der Waals surface area (Å²) < 4.78 is 34.3. The van der Waals surface area contributed by atoms with Gasteiger partial charge in [-0.15, -0.1) is 0 Å². The van der Waals surface area contributed by atoms with Crippen LogP contribution in [0.4, 0.5) is 10.5 Å². The number of rotatable bonds is 7. The van der Waals surface area contributed by atoms with Gasteiger partial charge in [-0.25, -0.2) is 17.9 Å². The summed E-state index contributed by atoms with van der Waals surface area (Å²) in [4.78, 5) is 16.9. The molecule has 0 unspecified atom stereocenters. The van der Waals surface area contributed by atoms with Crippen LogP contribution < -0.4 is 10.0 Å². The van der Waals surface area contributed by atoms with Crippen molar-refractivity contribution in [3.63, 3.8) is 0 Å². The molecule has 1 heterocycles. The van der Waals surface area contributed by atoms with Crippen LogP contribution in [0.1, 0.15) is 33.7 Å². The van der Waals surface area contributed by atoms with E-state index >= 15 is 0 Å². The van der Waals surface area contributed by atoms with Gasteiger partial charge >= 0.3 is 6.09 Å². The minimum absolute atomic E-state index is 0.0649.